The van der Waals surface area contributed by atoms with Gasteiger partial charge in [0.2, 0.25) is 5.91 Å². The SMILES string of the molecule is C[C@@H](Cn1cncn1)NC(=O)[C@@H](C)Sc1nc2ccccc2s1. The van der Waals surface area contributed by atoms with Gasteiger partial charge in [-0.25, -0.2) is 9.97 Å². The van der Waals surface area contributed by atoms with Gasteiger partial charge in [0.05, 0.1) is 22.0 Å². The highest BCUT2D eigenvalue weighted by atomic mass is 32.2. The summed E-state index contributed by atoms with van der Waals surface area (Å²) in [5.74, 6) is 0.00173. The van der Waals surface area contributed by atoms with Crippen molar-refractivity contribution in [3.05, 3.63) is 36.9 Å². The number of nitrogens with zero attached hydrogens (tertiary/aromatic N) is 4. The average Bonchev–Trinajstić information content (AvgIpc) is 3.15. The van der Waals surface area contributed by atoms with E-state index in [9.17, 15) is 4.79 Å². The van der Waals surface area contributed by atoms with Crippen molar-refractivity contribution in [2.45, 2.75) is 36.0 Å². The summed E-state index contributed by atoms with van der Waals surface area (Å²) in [6, 6.07) is 7.99. The monoisotopic (exact) mass is 347 g/mol. The van der Waals surface area contributed by atoms with Crippen molar-refractivity contribution in [3.8, 4) is 0 Å². The maximum absolute atomic E-state index is 12.3. The number of thioether (sulfide) groups is 1. The number of carbonyl (C=O) groups excluding carboxylic acids is 1. The second-order valence-corrected chi connectivity index (χ2v) is 7.85. The van der Waals surface area contributed by atoms with Gasteiger partial charge in [-0.1, -0.05) is 23.9 Å². The topological polar surface area (TPSA) is 72.7 Å². The summed E-state index contributed by atoms with van der Waals surface area (Å²) < 4.78 is 3.76. The van der Waals surface area contributed by atoms with Crippen LogP contribution in [0.25, 0.3) is 10.2 Å². The fourth-order valence-corrected chi connectivity index (χ4v) is 4.34. The van der Waals surface area contributed by atoms with Crippen molar-refractivity contribution in [2.75, 3.05) is 0 Å². The van der Waals surface area contributed by atoms with Crippen LogP contribution < -0.4 is 5.32 Å². The highest BCUT2D eigenvalue weighted by molar-refractivity contribution is 8.02. The number of nitrogens with one attached hydrogen (secondary N) is 1. The number of fused-ring (bicyclic) bond motifs is 1. The van der Waals surface area contributed by atoms with E-state index in [4.69, 9.17) is 0 Å². The Morgan fingerprint density at radius 2 is 2.22 bits per heavy atom. The molecular weight excluding hydrogens is 330 g/mol. The van der Waals surface area contributed by atoms with Crippen LogP contribution in [-0.4, -0.2) is 36.9 Å². The third kappa shape index (κ3) is 4.08. The largest absolute Gasteiger partial charge is 0.351 e. The molecule has 0 spiro atoms. The maximum Gasteiger partial charge on any atom is 0.233 e. The van der Waals surface area contributed by atoms with Gasteiger partial charge in [0, 0.05) is 6.04 Å². The summed E-state index contributed by atoms with van der Waals surface area (Å²) >= 11 is 3.10. The third-order valence-corrected chi connectivity index (χ3v) is 5.47. The van der Waals surface area contributed by atoms with E-state index in [0.717, 1.165) is 14.6 Å². The van der Waals surface area contributed by atoms with Crippen LogP contribution in [0.4, 0.5) is 0 Å². The maximum atomic E-state index is 12.3. The van der Waals surface area contributed by atoms with Crippen LogP contribution in [0.2, 0.25) is 0 Å². The number of benzene rings is 1. The van der Waals surface area contributed by atoms with Crippen molar-refractivity contribution in [2.24, 2.45) is 0 Å². The molecule has 8 heteroatoms. The van der Waals surface area contributed by atoms with E-state index in [1.54, 1.807) is 22.3 Å². The number of thiazole rings is 1. The predicted molar refractivity (Wildman–Crippen MR) is 92.6 cm³/mol. The predicted octanol–water partition coefficient (Wildman–Crippen LogP) is 2.57. The number of para-hydroxylation sites is 1. The van der Waals surface area contributed by atoms with Gasteiger partial charge in [0.1, 0.15) is 12.7 Å². The normalized spacial score (nSPS) is 13.8. The first-order valence-corrected chi connectivity index (χ1v) is 8.96. The molecule has 0 bridgehead atoms. The molecule has 1 amide bonds. The van der Waals surface area contributed by atoms with Crippen molar-refractivity contribution < 1.29 is 4.79 Å². The van der Waals surface area contributed by atoms with Gasteiger partial charge in [-0.15, -0.1) is 11.3 Å². The Morgan fingerprint density at radius 1 is 1.39 bits per heavy atom. The van der Waals surface area contributed by atoms with Crippen LogP contribution in [0.3, 0.4) is 0 Å². The minimum absolute atomic E-state index is 0.00173. The van der Waals surface area contributed by atoms with Gasteiger partial charge in [-0.3, -0.25) is 9.48 Å². The molecule has 0 fully saturated rings. The molecule has 2 atom stereocenters. The van der Waals surface area contributed by atoms with Crippen molar-refractivity contribution in [1.29, 1.82) is 0 Å². The van der Waals surface area contributed by atoms with Crippen molar-refractivity contribution >= 4 is 39.2 Å². The fraction of sp³-hybridized carbons (Fsp3) is 0.333. The van der Waals surface area contributed by atoms with E-state index < -0.39 is 0 Å². The molecule has 3 rings (SSSR count). The van der Waals surface area contributed by atoms with E-state index in [1.165, 1.54) is 18.1 Å². The van der Waals surface area contributed by atoms with Crippen LogP contribution in [0.5, 0.6) is 0 Å². The Bertz CT molecular complexity index is 753. The number of hydrogen-bond donors (Lipinski definition) is 1. The average molecular weight is 347 g/mol. The molecule has 6 nitrogen and oxygen atoms in total. The highest BCUT2D eigenvalue weighted by Crippen LogP contribution is 2.31. The number of carbonyl (C=O) groups is 1. The molecule has 0 saturated heterocycles. The van der Waals surface area contributed by atoms with Gasteiger partial charge < -0.3 is 5.32 Å². The molecular formula is C15H17N5OS2. The number of hydrogen-bond acceptors (Lipinski definition) is 6. The summed E-state index contributed by atoms with van der Waals surface area (Å²) in [4.78, 5) is 20.7. The summed E-state index contributed by atoms with van der Waals surface area (Å²) in [5.41, 5.74) is 0.979. The lowest BCUT2D eigenvalue weighted by Gasteiger charge is -2.16. The number of rotatable bonds is 6. The molecule has 23 heavy (non-hydrogen) atoms. The summed E-state index contributed by atoms with van der Waals surface area (Å²) in [5, 5.41) is 6.84. The fourth-order valence-electron chi connectivity index (χ4n) is 2.12. The van der Waals surface area contributed by atoms with Crippen LogP contribution in [0.1, 0.15) is 13.8 Å². The first-order chi connectivity index (χ1) is 11.1. The molecule has 0 unspecified atom stereocenters. The van der Waals surface area contributed by atoms with Crippen molar-refractivity contribution in [3.63, 3.8) is 0 Å². The Kier molecular flexibility index (Phi) is 4.92. The second-order valence-electron chi connectivity index (χ2n) is 5.23. The Morgan fingerprint density at radius 3 is 2.96 bits per heavy atom. The van der Waals surface area contributed by atoms with Gasteiger partial charge in [0.15, 0.2) is 4.34 Å². The Labute approximate surface area is 142 Å². The quantitative estimate of drug-likeness (QED) is 0.694. The third-order valence-electron chi connectivity index (χ3n) is 3.24. The van der Waals surface area contributed by atoms with Gasteiger partial charge in [-0.2, -0.15) is 5.10 Å². The molecule has 0 aliphatic heterocycles. The van der Waals surface area contributed by atoms with E-state index in [2.05, 4.69) is 20.4 Å². The molecule has 0 radical (unpaired) electrons. The molecule has 1 N–H and O–H groups in total. The van der Waals surface area contributed by atoms with Crippen LogP contribution in [-0.2, 0) is 11.3 Å². The molecule has 0 saturated carbocycles. The van der Waals surface area contributed by atoms with E-state index >= 15 is 0 Å². The molecule has 2 aromatic heterocycles. The Hall–Kier alpha value is -1.93. The molecule has 120 valence electrons. The van der Waals surface area contributed by atoms with Crippen molar-refractivity contribution in [1.82, 2.24) is 25.1 Å². The zero-order chi connectivity index (χ0) is 16.2. The lowest BCUT2D eigenvalue weighted by atomic mass is 10.3. The summed E-state index contributed by atoms with van der Waals surface area (Å²) in [6.07, 6.45) is 3.13. The van der Waals surface area contributed by atoms with E-state index in [0.29, 0.717) is 6.54 Å². The molecule has 2 heterocycles. The molecule has 3 aromatic rings. The lowest BCUT2D eigenvalue weighted by Crippen LogP contribution is -2.39. The minimum atomic E-state index is -0.200. The van der Waals surface area contributed by atoms with Crippen LogP contribution in [0, 0.1) is 0 Å². The molecule has 0 aliphatic rings. The smallest absolute Gasteiger partial charge is 0.233 e. The first kappa shape index (κ1) is 15.9. The van der Waals surface area contributed by atoms with E-state index in [1.807, 2.05) is 38.1 Å². The second kappa shape index (κ2) is 7.10. The zero-order valence-corrected chi connectivity index (χ0v) is 14.5. The number of aromatic nitrogens is 4. The highest BCUT2D eigenvalue weighted by Gasteiger charge is 2.18. The lowest BCUT2D eigenvalue weighted by molar-refractivity contribution is -0.121. The molecule has 1 aromatic carbocycles. The number of amides is 1. The van der Waals surface area contributed by atoms with Gasteiger partial charge >= 0.3 is 0 Å². The van der Waals surface area contributed by atoms with Gasteiger partial charge in [0.25, 0.3) is 0 Å². The summed E-state index contributed by atoms with van der Waals surface area (Å²) in [6.45, 7) is 4.45. The first-order valence-electron chi connectivity index (χ1n) is 7.27. The van der Waals surface area contributed by atoms with Crippen LogP contribution in [0.15, 0.2) is 41.3 Å². The van der Waals surface area contributed by atoms with Gasteiger partial charge in [-0.05, 0) is 26.0 Å². The molecule has 0 aliphatic carbocycles. The Balaban J connectivity index is 1.56. The zero-order valence-electron chi connectivity index (χ0n) is 12.8. The standard InChI is InChI=1S/C15H17N5OS2/c1-10(7-20-9-16-8-17-20)18-14(21)11(2)22-15-19-12-5-3-4-6-13(12)23-15/h3-6,8-11H,7H2,1-2H3,(H,18,21)/t10-,11+/m0/s1. The minimum Gasteiger partial charge on any atom is -0.351 e. The van der Waals surface area contributed by atoms with E-state index in [-0.39, 0.29) is 17.2 Å². The summed E-state index contributed by atoms with van der Waals surface area (Å²) in [7, 11) is 0. The van der Waals surface area contributed by atoms with Crippen LogP contribution >= 0.6 is 23.1 Å².